The highest BCUT2D eigenvalue weighted by Gasteiger charge is 1.88. The molecular formula is C10H10BrNO4. The summed E-state index contributed by atoms with van der Waals surface area (Å²) in [5, 5.41) is 15.6. The molecule has 6 heteroatoms. The molecular weight excluding hydrogens is 278 g/mol. The van der Waals surface area contributed by atoms with Crippen molar-refractivity contribution in [3.8, 4) is 0 Å². The molecule has 0 heterocycles. The summed E-state index contributed by atoms with van der Waals surface area (Å²) in [6.45, 7) is 0. The number of carboxylic acid groups (broad SMARTS) is 2. The predicted octanol–water partition coefficient (Wildman–Crippen LogP) is 2.12. The maximum Gasteiger partial charge on any atom is 0.328 e. The van der Waals surface area contributed by atoms with Crippen LogP contribution in [0.4, 0.5) is 5.69 Å². The number of benzene rings is 1. The van der Waals surface area contributed by atoms with Gasteiger partial charge in [-0.1, -0.05) is 18.2 Å². The summed E-state index contributed by atoms with van der Waals surface area (Å²) in [4.78, 5) is 19.1. The van der Waals surface area contributed by atoms with E-state index in [9.17, 15) is 9.59 Å². The molecule has 0 aliphatic heterocycles. The lowest BCUT2D eigenvalue weighted by Gasteiger charge is -1.91. The van der Waals surface area contributed by atoms with Crippen LogP contribution in [0.2, 0.25) is 0 Å². The summed E-state index contributed by atoms with van der Waals surface area (Å²) in [5.74, 6) is -2.51. The Labute approximate surface area is 101 Å². The smallest absolute Gasteiger partial charge is 0.328 e. The Balaban J connectivity index is 0.000000281. The van der Waals surface area contributed by atoms with Crippen molar-refractivity contribution in [3.63, 3.8) is 0 Å². The first-order valence-corrected chi connectivity index (χ1v) is 4.91. The van der Waals surface area contributed by atoms with Crippen LogP contribution >= 0.6 is 16.1 Å². The molecule has 0 aliphatic carbocycles. The molecule has 0 aromatic heterocycles. The van der Waals surface area contributed by atoms with Gasteiger partial charge in [0.05, 0.1) is 0 Å². The zero-order valence-electron chi connectivity index (χ0n) is 8.13. The maximum atomic E-state index is 9.55. The molecule has 0 atom stereocenters. The van der Waals surface area contributed by atoms with Gasteiger partial charge in [-0.3, -0.25) is 0 Å². The maximum absolute atomic E-state index is 9.55. The number of para-hydroxylation sites is 1. The van der Waals surface area contributed by atoms with E-state index in [1.54, 1.807) is 0 Å². The predicted molar refractivity (Wildman–Crippen MR) is 63.4 cm³/mol. The largest absolute Gasteiger partial charge is 0.478 e. The Morgan fingerprint density at radius 3 is 1.75 bits per heavy atom. The van der Waals surface area contributed by atoms with Crippen LogP contribution in [0, 0.1) is 0 Å². The molecule has 1 aromatic carbocycles. The van der Waals surface area contributed by atoms with E-state index in [0.717, 1.165) is 5.69 Å². The molecule has 0 aliphatic rings. The van der Waals surface area contributed by atoms with Gasteiger partial charge in [0, 0.05) is 34.0 Å². The number of aliphatic carboxylic acids is 2. The van der Waals surface area contributed by atoms with E-state index in [4.69, 9.17) is 10.2 Å². The number of anilines is 1. The third-order valence-electron chi connectivity index (χ3n) is 1.25. The van der Waals surface area contributed by atoms with Crippen molar-refractivity contribution in [3.05, 3.63) is 42.5 Å². The SMILES string of the molecule is BrNc1ccccc1.O=C(O)C=CC(=O)O. The lowest BCUT2D eigenvalue weighted by atomic mass is 10.3. The minimum Gasteiger partial charge on any atom is -0.478 e. The van der Waals surface area contributed by atoms with Gasteiger partial charge in [0.25, 0.3) is 0 Å². The van der Waals surface area contributed by atoms with Crippen LogP contribution in [0.3, 0.4) is 0 Å². The zero-order valence-corrected chi connectivity index (χ0v) is 9.72. The van der Waals surface area contributed by atoms with E-state index in [2.05, 4.69) is 20.5 Å². The highest BCUT2D eigenvalue weighted by molar-refractivity contribution is 9.10. The third-order valence-corrected chi connectivity index (χ3v) is 1.71. The van der Waals surface area contributed by atoms with Gasteiger partial charge in [0.1, 0.15) is 0 Å². The first-order chi connectivity index (χ1) is 7.56. The Bertz CT molecular complexity index is 348. The Morgan fingerprint density at radius 2 is 1.50 bits per heavy atom. The zero-order chi connectivity index (χ0) is 12.4. The van der Waals surface area contributed by atoms with Crippen LogP contribution in [0.1, 0.15) is 0 Å². The molecule has 3 N–H and O–H groups in total. The quantitative estimate of drug-likeness (QED) is 0.586. The van der Waals surface area contributed by atoms with E-state index >= 15 is 0 Å². The fourth-order valence-electron chi connectivity index (χ4n) is 0.644. The second-order valence-electron chi connectivity index (χ2n) is 2.47. The summed E-state index contributed by atoms with van der Waals surface area (Å²) in [6.07, 6.45) is 1.12. The fraction of sp³-hybridized carbons (Fsp3) is 0. The molecule has 0 fully saturated rings. The highest BCUT2D eigenvalue weighted by atomic mass is 79.9. The van der Waals surface area contributed by atoms with Crippen LogP contribution in [0.5, 0.6) is 0 Å². The van der Waals surface area contributed by atoms with Gasteiger partial charge < -0.3 is 14.6 Å². The van der Waals surface area contributed by atoms with Gasteiger partial charge in [0.15, 0.2) is 0 Å². The summed E-state index contributed by atoms with van der Waals surface area (Å²) in [6, 6.07) is 9.89. The number of rotatable bonds is 3. The fourth-order valence-corrected chi connectivity index (χ4v) is 0.908. The van der Waals surface area contributed by atoms with Gasteiger partial charge in [-0.15, -0.1) is 0 Å². The summed E-state index contributed by atoms with van der Waals surface area (Å²) in [7, 11) is 0. The summed E-state index contributed by atoms with van der Waals surface area (Å²) < 4.78 is 2.84. The van der Waals surface area contributed by atoms with Crippen LogP contribution in [0.15, 0.2) is 42.5 Å². The lowest BCUT2D eigenvalue weighted by molar-refractivity contribution is -0.134. The van der Waals surface area contributed by atoms with Gasteiger partial charge in [-0.2, -0.15) is 0 Å². The summed E-state index contributed by atoms with van der Waals surface area (Å²) in [5.41, 5.74) is 1.08. The second kappa shape index (κ2) is 8.49. The number of hydrogen-bond donors (Lipinski definition) is 3. The molecule has 0 bridgehead atoms. The molecule has 0 saturated carbocycles. The van der Waals surface area contributed by atoms with Crippen molar-refractivity contribution in [1.82, 2.24) is 0 Å². The molecule has 86 valence electrons. The van der Waals surface area contributed by atoms with Gasteiger partial charge in [-0.05, 0) is 12.1 Å². The van der Waals surface area contributed by atoms with Crippen molar-refractivity contribution in [1.29, 1.82) is 0 Å². The molecule has 0 spiro atoms. The number of carboxylic acids is 2. The molecule has 0 unspecified atom stereocenters. The first-order valence-electron chi connectivity index (χ1n) is 4.12. The molecule has 16 heavy (non-hydrogen) atoms. The van der Waals surface area contributed by atoms with Crippen molar-refractivity contribution < 1.29 is 19.8 Å². The molecule has 1 rings (SSSR count). The minimum absolute atomic E-state index is 0.558. The van der Waals surface area contributed by atoms with Crippen molar-refractivity contribution in [2.75, 3.05) is 4.34 Å². The number of nitrogens with one attached hydrogen (secondary N) is 1. The topological polar surface area (TPSA) is 86.6 Å². The van der Waals surface area contributed by atoms with Crippen LogP contribution < -0.4 is 4.34 Å². The number of carbonyl (C=O) groups is 2. The van der Waals surface area contributed by atoms with Crippen molar-refractivity contribution >= 4 is 33.8 Å². The number of hydrogen-bond acceptors (Lipinski definition) is 3. The normalized spacial score (nSPS) is 9.06. The van der Waals surface area contributed by atoms with Gasteiger partial charge in [-0.25, -0.2) is 9.59 Å². The number of halogens is 1. The molecule has 5 nitrogen and oxygen atoms in total. The highest BCUT2D eigenvalue weighted by Crippen LogP contribution is 2.05. The summed E-state index contributed by atoms with van der Waals surface area (Å²) >= 11 is 3.11. The van der Waals surface area contributed by atoms with E-state index in [-0.39, 0.29) is 0 Å². The van der Waals surface area contributed by atoms with Crippen LogP contribution in [-0.4, -0.2) is 22.2 Å². The molecule has 1 aromatic rings. The van der Waals surface area contributed by atoms with E-state index in [1.807, 2.05) is 30.3 Å². The Hall–Kier alpha value is -1.82. The average Bonchev–Trinajstić information content (AvgIpc) is 2.28. The monoisotopic (exact) mass is 287 g/mol. The van der Waals surface area contributed by atoms with Gasteiger partial charge >= 0.3 is 11.9 Å². The molecule has 0 amide bonds. The average molecular weight is 288 g/mol. The standard InChI is InChI=1S/C6H6BrN.C4H4O4/c7-8-6-4-2-1-3-5-6;5-3(6)1-2-4(7)8/h1-5,8H;1-2H,(H,5,6)(H,7,8). The van der Waals surface area contributed by atoms with E-state index in [0.29, 0.717) is 12.2 Å². The molecule has 0 saturated heterocycles. The third kappa shape index (κ3) is 8.76. The van der Waals surface area contributed by atoms with E-state index in [1.165, 1.54) is 0 Å². The van der Waals surface area contributed by atoms with Crippen LogP contribution in [0.25, 0.3) is 0 Å². The van der Waals surface area contributed by atoms with Gasteiger partial charge in [0.2, 0.25) is 0 Å². The minimum atomic E-state index is -1.26. The Kier molecular flexibility index (Phi) is 7.52. The molecule has 0 radical (unpaired) electrons. The van der Waals surface area contributed by atoms with Crippen LogP contribution in [-0.2, 0) is 9.59 Å². The first kappa shape index (κ1) is 14.2. The lowest BCUT2D eigenvalue weighted by Crippen LogP contribution is -1.91. The van der Waals surface area contributed by atoms with Crippen molar-refractivity contribution in [2.24, 2.45) is 0 Å². The van der Waals surface area contributed by atoms with E-state index < -0.39 is 11.9 Å². The Morgan fingerprint density at radius 1 is 1.06 bits per heavy atom. The van der Waals surface area contributed by atoms with Crippen molar-refractivity contribution in [2.45, 2.75) is 0 Å². The second-order valence-corrected chi connectivity index (χ2v) is 2.87.